The van der Waals surface area contributed by atoms with Crippen molar-refractivity contribution in [2.24, 2.45) is 0 Å². The zero-order valence-electron chi connectivity index (χ0n) is 2.57. The van der Waals surface area contributed by atoms with E-state index in [0.717, 1.165) is 0 Å². The summed E-state index contributed by atoms with van der Waals surface area (Å²) in [5.74, 6) is 1.92. The lowest BCUT2D eigenvalue weighted by Gasteiger charge is -1.69. The summed E-state index contributed by atoms with van der Waals surface area (Å²) in [6.45, 7) is -0.250. The van der Waals surface area contributed by atoms with Crippen LogP contribution in [-0.4, -0.2) is 6.61 Å². The molecule has 1 nitrogen and oxygen atoms in total. The Morgan fingerprint density at radius 2 is 2.60 bits per heavy atom. The van der Waals surface area contributed by atoms with Crippen LogP contribution in [0.15, 0.2) is 0 Å². The summed E-state index contributed by atoms with van der Waals surface area (Å²) in [6, 6.07) is 0. The summed E-state index contributed by atoms with van der Waals surface area (Å²) in [4.78, 5) is 2.95. The quantitative estimate of drug-likeness (QED) is 0.412. The Morgan fingerprint density at radius 3 is 2.60 bits per heavy atom. The van der Waals surface area contributed by atoms with E-state index in [0.29, 0.717) is 0 Å². The summed E-state index contributed by atoms with van der Waals surface area (Å²) in [6.07, 6.45) is 4.52. The zero-order valence-corrected chi connectivity index (χ0v) is 2.57. The predicted octanol–water partition coefficient (Wildman–Crippen LogP) is 0.521. The fourth-order valence-electron chi connectivity index (χ4n) is 0.0315. The van der Waals surface area contributed by atoms with Crippen LogP contribution in [0.5, 0.6) is 0 Å². The van der Waals surface area contributed by atoms with Crippen molar-refractivity contribution in [2.75, 3.05) is 6.61 Å². The van der Waals surface area contributed by atoms with E-state index in [4.69, 9.17) is 0 Å². The summed E-state index contributed by atoms with van der Waals surface area (Å²) in [7, 11) is 0. The van der Waals surface area contributed by atoms with Crippen LogP contribution in [0, 0.1) is 12.3 Å². The lowest BCUT2D eigenvalue weighted by molar-refractivity contribution is -0.115. The molecular weight excluding hydrogens is 71.0 g/mol. The highest BCUT2D eigenvalue weighted by Gasteiger charge is 1.63. The maximum Gasteiger partial charge on any atom is 0.148 e. The Labute approximate surface area is 29.6 Å². The molecule has 28 valence electrons. The molecule has 2 heteroatoms. The third-order valence-corrected chi connectivity index (χ3v) is 0.138. The Bertz CT molecular complexity index is 45.3. The molecule has 0 rings (SSSR count). The first-order valence-electron chi connectivity index (χ1n) is 1.09. The zero-order chi connectivity index (χ0) is 4.12. The molecule has 0 atom stereocenters. The Kier molecular flexibility index (Phi) is 3.07. The first kappa shape index (κ1) is 4.45. The van der Waals surface area contributed by atoms with Crippen molar-refractivity contribution in [3.8, 4) is 12.3 Å². The number of hydrogen-bond donors (Lipinski definition) is 0. The fourth-order valence-corrected chi connectivity index (χ4v) is 0.0315. The minimum atomic E-state index is -0.250. The lowest BCUT2D eigenvalue weighted by Crippen LogP contribution is -1.71. The molecule has 0 unspecified atom stereocenters. The molecular formula is C3H3FO. The van der Waals surface area contributed by atoms with Gasteiger partial charge in [-0.1, -0.05) is 5.92 Å². The molecule has 0 aromatic carbocycles. The molecule has 0 bridgehead atoms. The molecule has 0 heterocycles. The van der Waals surface area contributed by atoms with E-state index in [1.807, 2.05) is 5.92 Å². The topological polar surface area (TPSA) is 9.23 Å². The van der Waals surface area contributed by atoms with Crippen LogP contribution in [0.3, 0.4) is 0 Å². The summed E-state index contributed by atoms with van der Waals surface area (Å²) in [5.41, 5.74) is 0. The van der Waals surface area contributed by atoms with Crippen LogP contribution in [0.4, 0.5) is 4.53 Å². The molecule has 0 radical (unpaired) electrons. The minimum absolute atomic E-state index is 0.250. The van der Waals surface area contributed by atoms with E-state index in [2.05, 4.69) is 11.4 Å². The van der Waals surface area contributed by atoms with Gasteiger partial charge in [0.1, 0.15) is 6.61 Å². The van der Waals surface area contributed by atoms with Gasteiger partial charge in [-0.2, -0.15) is 4.94 Å². The van der Waals surface area contributed by atoms with Crippen LogP contribution in [-0.2, 0) is 4.94 Å². The molecule has 0 aromatic heterocycles. The standard InChI is InChI=1S/C3H3FO/c1-2-3-5-4/h1H,3H2. The van der Waals surface area contributed by atoms with Crippen LogP contribution in [0.2, 0.25) is 0 Å². The average Bonchev–Trinajstić information content (AvgIpc) is 1.41. The molecule has 0 N–H and O–H groups in total. The molecule has 0 saturated carbocycles. The maximum atomic E-state index is 10.4. The fraction of sp³-hybridized carbons (Fsp3) is 0.333. The SMILES string of the molecule is C#CCOF. The van der Waals surface area contributed by atoms with Gasteiger partial charge in [-0.25, -0.2) is 0 Å². The van der Waals surface area contributed by atoms with Gasteiger partial charge in [0.2, 0.25) is 0 Å². The molecule has 0 amide bonds. The number of halogens is 1. The monoisotopic (exact) mass is 74.0 g/mol. The van der Waals surface area contributed by atoms with Gasteiger partial charge in [-0.05, 0) is 4.53 Å². The third-order valence-electron chi connectivity index (χ3n) is 0.138. The highest BCUT2D eigenvalue weighted by molar-refractivity contribution is 4.81. The van der Waals surface area contributed by atoms with Gasteiger partial charge in [0, 0.05) is 0 Å². The van der Waals surface area contributed by atoms with Crippen LogP contribution >= 0.6 is 0 Å². The van der Waals surface area contributed by atoms with E-state index in [-0.39, 0.29) is 6.61 Å². The van der Waals surface area contributed by atoms with E-state index in [9.17, 15) is 4.53 Å². The molecule has 0 aromatic rings. The van der Waals surface area contributed by atoms with E-state index < -0.39 is 0 Å². The van der Waals surface area contributed by atoms with Crippen molar-refractivity contribution in [1.29, 1.82) is 0 Å². The second-order valence-electron chi connectivity index (χ2n) is 0.458. The molecule has 0 aliphatic rings. The normalized spacial score (nSPS) is 6.40. The minimum Gasteiger partial charge on any atom is -0.181 e. The van der Waals surface area contributed by atoms with E-state index >= 15 is 0 Å². The van der Waals surface area contributed by atoms with Gasteiger partial charge < -0.3 is 0 Å². The Balaban J connectivity index is 2.48. The summed E-state index contributed by atoms with van der Waals surface area (Å²) >= 11 is 0. The van der Waals surface area contributed by atoms with Gasteiger partial charge >= 0.3 is 0 Å². The first-order chi connectivity index (χ1) is 2.41. The molecule has 0 aliphatic carbocycles. The molecule has 0 aliphatic heterocycles. The van der Waals surface area contributed by atoms with Crippen LogP contribution in [0.25, 0.3) is 0 Å². The van der Waals surface area contributed by atoms with Crippen molar-refractivity contribution in [1.82, 2.24) is 0 Å². The predicted molar refractivity (Wildman–Crippen MR) is 15.9 cm³/mol. The summed E-state index contributed by atoms with van der Waals surface area (Å²) in [5, 5.41) is 0. The molecule has 5 heavy (non-hydrogen) atoms. The van der Waals surface area contributed by atoms with Crippen molar-refractivity contribution < 1.29 is 9.47 Å². The van der Waals surface area contributed by atoms with Gasteiger partial charge in [0.25, 0.3) is 0 Å². The third kappa shape index (κ3) is 3.45. The van der Waals surface area contributed by atoms with E-state index in [1.54, 1.807) is 0 Å². The van der Waals surface area contributed by atoms with Gasteiger partial charge in [-0.3, -0.25) is 0 Å². The lowest BCUT2D eigenvalue weighted by atomic mass is 10.8. The van der Waals surface area contributed by atoms with Crippen molar-refractivity contribution in [3.05, 3.63) is 0 Å². The van der Waals surface area contributed by atoms with Crippen molar-refractivity contribution >= 4 is 0 Å². The maximum absolute atomic E-state index is 10.4. The molecule has 0 fully saturated rings. The van der Waals surface area contributed by atoms with Crippen molar-refractivity contribution in [2.45, 2.75) is 0 Å². The largest absolute Gasteiger partial charge is 0.181 e. The second kappa shape index (κ2) is 3.45. The Hall–Kier alpha value is -0.550. The van der Waals surface area contributed by atoms with Gasteiger partial charge in [0.15, 0.2) is 0 Å². The van der Waals surface area contributed by atoms with Gasteiger partial charge in [-0.15, -0.1) is 6.42 Å². The number of rotatable bonds is 1. The number of terminal acetylenes is 1. The average molecular weight is 74.1 g/mol. The van der Waals surface area contributed by atoms with Crippen molar-refractivity contribution in [3.63, 3.8) is 0 Å². The van der Waals surface area contributed by atoms with Crippen LogP contribution < -0.4 is 0 Å². The summed E-state index contributed by atoms with van der Waals surface area (Å²) < 4.78 is 10.4. The van der Waals surface area contributed by atoms with E-state index in [1.165, 1.54) is 0 Å². The molecule has 0 saturated heterocycles. The first-order valence-corrected chi connectivity index (χ1v) is 1.09. The van der Waals surface area contributed by atoms with Crippen LogP contribution in [0.1, 0.15) is 0 Å². The smallest absolute Gasteiger partial charge is 0.148 e. The number of hydrogen-bond acceptors (Lipinski definition) is 1. The molecule has 0 spiro atoms. The van der Waals surface area contributed by atoms with Gasteiger partial charge in [0.05, 0.1) is 0 Å². The second-order valence-corrected chi connectivity index (χ2v) is 0.458. The Morgan fingerprint density at radius 1 is 2.00 bits per heavy atom. The highest BCUT2D eigenvalue weighted by Crippen LogP contribution is 1.64. The highest BCUT2D eigenvalue weighted by atomic mass is 19.3.